The van der Waals surface area contributed by atoms with E-state index in [2.05, 4.69) is 42.9 Å². The molecule has 1 unspecified atom stereocenters. The molecular formula is C15H27N3S. The zero-order chi connectivity index (χ0) is 13.9. The molecule has 1 N–H and O–H groups in total. The Morgan fingerprint density at radius 1 is 1.47 bits per heavy atom. The van der Waals surface area contributed by atoms with Crippen molar-refractivity contribution in [3.05, 3.63) is 11.1 Å². The van der Waals surface area contributed by atoms with Crippen molar-refractivity contribution in [1.29, 1.82) is 0 Å². The van der Waals surface area contributed by atoms with Crippen molar-refractivity contribution in [2.75, 3.05) is 25.0 Å². The Kier molecular flexibility index (Phi) is 4.85. The predicted molar refractivity (Wildman–Crippen MR) is 83.7 cm³/mol. The Bertz CT molecular complexity index is 394. The van der Waals surface area contributed by atoms with Gasteiger partial charge < -0.3 is 5.32 Å². The third-order valence-electron chi connectivity index (χ3n) is 3.96. The van der Waals surface area contributed by atoms with Gasteiger partial charge in [0, 0.05) is 30.7 Å². The van der Waals surface area contributed by atoms with Gasteiger partial charge in [-0.05, 0) is 30.7 Å². The highest BCUT2D eigenvalue weighted by Gasteiger charge is 2.31. The van der Waals surface area contributed by atoms with E-state index < -0.39 is 0 Å². The monoisotopic (exact) mass is 281 g/mol. The van der Waals surface area contributed by atoms with E-state index in [1.165, 1.54) is 24.4 Å². The van der Waals surface area contributed by atoms with Crippen molar-refractivity contribution in [1.82, 2.24) is 9.88 Å². The molecule has 1 atom stereocenters. The highest BCUT2D eigenvalue weighted by molar-refractivity contribution is 7.15. The maximum atomic E-state index is 4.44. The van der Waals surface area contributed by atoms with Crippen LogP contribution in [-0.2, 0) is 6.54 Å². The maximum absolute atomic E-state index is 4.44. The number of anilines is 1. The molecule has 1 aromatic heterocycles. The summed E-state index contributed by atoms with van der Waals surface area (Å²) in [5.41, 5.74) is 0.441. The molecule has 108 valence electrons. The third-order valence-corrected chi connectivity index (χ3v) is 4.90. The number of hydrogen-bond donors (Lipinski definition) is 1. The number of rotatable bonds is 5. The average molecular weight is 281 g/mol. The molecule has 3 nitrogen and oxygen atoms in total. The van der Waals surface area contributed by atoms with Crippen LogP contribution in [0, 0.1) is 11.3 Å². The molecule has 19 heavy (non-hydrogen) atoms. The highest BCUT2D eigenvalue weighted by Crippen LogP contribution is 2.34. The molecule has 0 aromatic carbocycles. The van der Waals surface area contributed by atoms with E-state index in [1.54, 1.807) is 11.3 Å². The first-order valence-corrected chi connectivity index (χ1v) is 8.21. The van der Waals surface area contributed by atoms with Gasteiger partial charge in [0.2, 0.25) is 0 Å². The van der Waals surface area contributed by atoms with Gasteiger partial charge in [-0.25, -0.2) is 4.98 Å². The molecule has 2 heterocycles. The molecule has 1 aliphatic rings. The van der Waals surface area contributed by atoms with Crippen LogP contribution in [0.5, 0.6) is 0 Å². The van der Waals surface area contributed by atoms with Crippen molar-refractivity contribution < 1.29 is 0 Å². The van der Waals surface area contributed by atoms with Crippen LogP contribution < -0.4 is 5.32 Å². The van der Waals surface area contributed by atoms with E-state index in [-0.39, 0.29) is 0 Å². The smallest absolute Gasteiger partial charge is 0.182 e. The van der Waals surface area contributed by atoms with Crippen LogP contribution in [0.4, 0.5) is 5.13 Å². The van der Waals surface area contributed by atoms with Gasteiger partial charge in [-0.1, -0.05) is 27.7 Å². The molecular weight excluding hydrogens is 254 g/mol. The van der Waals surface area contributed by atoms with Gasteiger partial charge in [0.05, 0.1) is 0 Å². The minimum Gasteiger partial charge on any atom is -0.362 e. The number of hydrogen-bond acceptors (Lipinski definition) is 4. The lowest BCUT2D eigenvalue weighted by Gasteiger charge is -2.27. The summed E-state index contributed by atoms with van der Waals surface area (Å²) in [5, 5.41) is 4.43. The zero-order valence-corrected chi connectivity index (χ0v) is 13.5. The van der Waals surface area contributed by atoms with Gasteiger partial charge in [-0.15, -0.1) is 11.3 Å². The molecule has 0 amide bonds. The van der Waals surface area contributed by atoms with Crippen molar-refractivity contribution in [3.8, 4) is 0 Å². The van der Waals surface area contributed by atoms with E-state index in [1.807, 2.05) is 6.20 Å². The molecule has 0 saturated carbocycles. The molecule has 2 rings (SSSR count). The summed E-state index contributed by atoms with van der Waals surface area (Å²) in [7, 11) is 0. The predicted octanol–water partition coefficient (Wildman–Crippen LogP) is 3.83. The van der Waals surface area contributed by atoms with Crippen LogP contribution in [0.3, 0.4) is 0 Å². The Labute approximate surface area is 121 Å². The lowest BCUT2D eigenvalue weighted by atomic mass is 9.80. The normalized spacial score (nSPS) is 20.9. The van der Waals surface area contributed by atoms with Gasteiger partial charge in [-0.2, -0.15) is 0 Å². The second-order valence-electron chi connectivity index (χ2n) is 6.65. The molecule has 4 heteroatoms. The summed E-state index contributed by atoms with van der Waals surface area (Å²) >= 11 is 1.80. The topological polar surface area (TPSA) is 28.2 Å². The van der Waals surface area contributed by atoms with Crippen molar-refractivity contribution in [2.24, 2.45) is 11.3 Å². The molecule has 0 spiro atoms. The van der Waals surface area contributed by atoms with Crippen molar-refractivity contribution in [3.63, 3.8) is 0 Å². The molecule has 0 aliphatic carbocycles. The fourth-order valence-corrected chi connectivity index (χ4v) is 3.48. The quantitative estimate of drug-likeness (QED) is 0.889. The van der Waals surface area contributed by atoms with Gasteiger partial charge >= 0.3 is 0 Å². The molecule has 0 radical (unpaired) electrons. The van der Waals surface area contributed by atoms with Crippen LogP contribution in [0.15, 0.2) is 6.20 Å². The summed E-state index contributed by atoms with van der Waals surface area (Å²) in [6.07, 6.45) is 4.52. The SMILES string of the molecule is CCCNc1ncc(CN2CCC(C(C)(C)C)C2)s1. The summed E-state index contributed by atoms with van der Waals surface area (Å²) in [6, 6.07) is 0. The zero-order valence-electron chi connectivity index (χ0n) is 12.7. The van der Waals surface area contributed by atoms with Gasteiger partial charge in [0.15, 0.2) is 5.13 Å². The van der Waals surface area contributed by atoms with E-state index >= 15 is 0 Å². The second kappa shape index (κ2) is 6.23. The first-order valence-electron chi connectivity index (χ1n) is 7.40. The number of thiazole rings is 1. The van der Waals surface area contributed by atoms with Crippen LogP contribution >= 0.6 is 11.3 Å². The number of aromatic nitrogens is 1. The van der Waals surface area contributed by atoms with Gasteiger partial charge in [0.1, 0.15) is 0 Å². The van der Waals surface area contributed by atoms with E-state index in [9.17, 15) is 0 Å². The van der Waals surface area contributed by atoms with Gasteiger partial charge in [0.25, 0.3) is 0 Å². The maximum Gasteiger partial charge on any atom is 0.182 e. The number of nitrogens with zero attached hydrogens (tertiary/aromatic N) is 2. The number of nitrogens with one attached hydrogen (secondary N) is 1. The average Bonchev–Trinajstić information content (AvgIpc) is 2.95. The van der Waals surface area contributed by atoms with Crippen molar-refractivity contribution in [2.45, 2.75) is 47.1 Å². The second-order valence-corrected chi connectivity index (χ2v) is 7.76. The van der Waals surface area contributed by atoms with Crippen LogP contribution in [0.2, 0.25) is 0 Å². The fraction of sp³-hybridized carbons (Fsp3) is 0.800. The molecule has 1 aliphatic heterocycles. The summed E-state index contributed by atoms with van der Waals surface area (Å²) < 4.78 is 0. The third kappa shape index (κ3) is 4.18. The molecule has 1 saturated heterocycles. The Hall–Kier alpha value is -0.610. The van der Waals surface area contributed by atoms with Crippen LogP contribution in [0.1, 0.15) is 45.4 Å². The summed E-state index contributed by atoms with van der Waals surface area (Å²) in [6.45, 7) is 13.8. The standard InChI is InChI=1S/C15H27N3S/c1-5-7-16-14-17-9-13(19-14)11-18-8-6-12(10-18)15(2,3)4/h9,12H,5-8,10-11H2,1-4H3,(H,16,17). The molecule has 1 fully saturated rings. The Balaban J connectivity index is 1.84. The minimum absolute atomic E-state index is 0.441. The van der Waals surface area contributed by atoms with Crippen molar-refractivity contribution >= 4 is 16.5 Å². The van der Waals surface area contributed by atoms with E-state index in [4.69, 9.17) is 0 Å². The largest absolute Gasteiger partial charge is 0.362 e. The first kappa shape index (κ1) is 14.8. The van der Waals surface area contributed by atoms with Crippen LogP contribution in [-0.4, -0.2) is 29.5 Å². The lowest BCUT2D eigenvalue weighted by molar-refractivity contribution is 0.227. The summed E-state index contributed by atoms with van der Waals surface area (Å²) in [5.74, 6) is 0.832. The van der Waals surface area contributed by atoms with E-state index in [0.29, 0.717) is 5.41 Å². The Morgan fingerprint density at radius 3 is 2.89 bits per heavy atom. The minimum atomic E-state index is 0.441. The molecule has 1 aromatic rings. The lowest BCUT2D eigenvalue weighted by Crippen LogP contribution is -2.25. The Morgan fingerprint density at radius 2 is 2.26 bits per heavy atom. The number of likely N-dealkylation sites (tertiary alicyclic amines) is 1. The highest BCUT2D eigenvalue weighted by atomic mass is 32.1. The van der Waals surface area contributed by atoms with Crippen LogP contribution in [0.25, 0.3) is 0 Å². The summed E-state index contributed by atoms with van der Waals surface area (Å²) in [4.78, 5) is 8.40. The first-order chi connectivity index (χ1) is 8.99. The fourth-order valence-electron chi connectivity index (χ4n) is 2.60. The van der Waals surface area contributed by atoms with E-state index in [0.717, 1.165) is 30.6 Å². The van der Waals surface area contributed by atoms with Gasteiger partial charge in [-0.3, -0.25) is 4.90 Å². The molecule has 0 bridgehead atoms.